The Morgan fingerprint density at radius 3 is 2.56 bits per heavy atom. The van der Waals surface area contributed by atoms with E-state index >= 15 is 0 Å². The van der Waals surface area contributed by atoms with Gasteiger partial charge < -0.3 is 15.3 Å². The van der Waals surface area contributed by atoms with Crippen LogP contribution in [0.4, 0.5) is 15.0 Å². The van der Waals surface area contributed by atoms with E-state index in [4.69, 9.17) is 5.10 Å². The van der Waals surface area contributed by atoms with Gasteiger partial charge in [-0.3, -0.25) is 10.1 Å². The molecule has 0 saturated heterocycles. The molecule has 2 aromatic carbocycles. The molecule has 3 aromatic rings. The molecule has 2 atom stereocenters. The van der Waals surface area contributed by atoms with Crippen molar-refractivity contribution in [3.63, 3.8) is 0 Å². The average molecular weight is 534 g/mol. The zero-order valence-electron chi connectivity index (χ0n) is 23.2. The van der Waals surface area contributed by atoms with Crippen LogP contribution in [0.3, 0.4) is 0 Å². The summed E-state index contributed by atoms with van der Waals surface area (Å²) in [4.78, 5) is 26.8. The maximum absolute atomic E-state index is 14.1. The lowest BCUT2D eigenvalue weighted by atomic mass is 9.69. The average Bonchev–Trinajstić information content (AvgIpc) is 3.20. The molecule has 1 aliphatic rings. The fourth-order valence-corrected chi connectivity index (χ4v) is 5.15. The maximum atomic E-state index is 14.1. The summed E-state index contributed by atoms with van der Waals surface area (Å²) >= 11 is 0. The molecule has 1 aliphatic carbocycles. The number of para-hydroxylation sites is 1. The number of hydrogen-bond donors (Lipinski definition) is 3. The SMILES string of the molecule is CCC(=CN(C)C(C)=O)c1nn(-c2ccccc2)c(NC(=O)NC2c3ccc(F)cc3C(C)(C)CC2O)c1C. The first kappa shape index (κ1) is 28.0. The van der Waals surface area contributed by atoms with Crippen molar-refractivity contribution in [2.45, 2.75) is 65.0 Å². The van der Waals surface area contributed by atoms with E-state index in [1.165, 1.54) is 24.0 Å². The first-order valence-corrected chi connectivity index (χ1v) is 13.1. The molecule has 0 spiro atoms. The Kier molecular flexibility index (Phi) is 7.92. The minimum absolute atomic E-state index is 0.104. The number of nitrogens with one attached hydrogen (secondary N) is 2. The van der Waals surface area contributed by atoms with Gasteiger partial charge >= 0.3 is 6.03 Å². The van der Waals surface area contributed by atoms with Crippen LogP contribution in [-0.2, 0) is 10.2 Å². The maximum Gasteiger partial charge on any atom is 0.320 e. The van der Waals surface area contributed by atoms with Crippen LogP contribution < -0.4 is 10.6 Å². The van der Waals surface area contributed by atoms with Gasteiger partial charge in [-0.25, -0.2) is 13.9 Å². The highest BCUT2D eigenvalue weighted by molar-refractivity contribution is 5.91. The number of rotatable bonds is 6. The normalized spacial score (nSPS) is 18.3. The second kappa shape index (κ2) is 11.0. The van der Waals surface area contributed by atoms with Gasteiger partial charge in [-0.1, -0.05) is 45.0 Å². The molecule has 206 valence electrons. The van der Waals surface area contributed by atoms with Crippen LogP contribution in [0.25, 0.3) is 11.3 Å². The Morgan fingerprint density at radius 1 is 1.23 bits per heavy atom. The first-order valence-electron chi connectivity index (χ1n) is 13.1. The fraction of sp³-hybridized carbons (Fsp3) is 0.367. The number of allylic oxidation sites excluding steroid dienone is 1. The molecular weight excluding hydrogens is 497 g/mol. The van der Waals surface area contributed by atoms with Crippen LogP contribution >= 0.6 is 0 Å². The number of anilines is 1. The van der Waals surface area contributed by atoms with E-state index in [9.17, 15) is 19.1 Å². The van der Waals surface area contributed by atoms with Gasteiger partial charge in [-0.15, -0.1) is 0 Å². The summed E-state index contributed by atoms with van der Waals surface area (Å²) in [5, 5.41) is 21.6. The first-order chi connectivity index (χ1) is 18.4. The highest BCUT2D eigenvalue weighted by atomic mass is 19.1. The van der Waals surface area contributed by atoms with E-state index in [1.807, 2.05) is 58.0 Å². The van der Waals surface area contributed by atoms with Gasteiger partial charge in [0.25, 0.3) is 0 Å². The predicted molar refractivity (Wildman–Crippen MR) is 150 cm³/mol. The van der Waals surface area contributed by atoms with E-state index in [1.54, 1.807) is 24.0 Å². The number of carbonyl (C=O) groups excluding carboxylic acids is 2. The van der Waals surface area contributed by atoms with Crippen LogP contribution in [0, 0.1) is 12.7 Å². The third-order valence-electron chi connectivity index (χ3n) is 7.36. The summed E-state index contributed by atoms with van der Waals surface area (Å²) in [5.74, 6) is 0.00298. The molecule has 9 heteroatoms. The lowest BCUT2D eigenvalue weighted by molar-refractivity contribution is -0.125. The van der Waals surface area contributed by atoms with Crippen molar-refractivity contribution in [3.8, 4) is 5.69 Å². The van der Waals surface area contributed by atoms with Crippen LogP contribution in [0.2, 0.25) is 0 Å². The molecule has 8 nitrogen and oxygen atoms in total. The van der Waals surface area contributed by atoms with E-state index in [2.05, 4.69) is 10.6 Å². The van der Waals surface area contributed by atoms with Gasteiger partial charge in [0.1, 0.15) is 11.6 Å². The molecule has 0 aliphatic heterocycles. The van der Waals surface area contributed by atoms with Gasteiger partial charge in [0, 0.05) is 25.7 Å². The van der Waals surface area contributed by atoms with Crippen molar-refractivity contribution in [2.24, 2.45) is 0 Å². The van der Waals surface area contributed by atoms with E-state index < -0.39 is 23.6 Å². The van der Waals surface area contributed by atoms with E-state index in [-0.39, 0.29) is 11.7 Å². The molecule has 0 radical (unpaired) electrons. The molecule has 2 unspecified atom stereocenters. The molecule has 1 heterocycles. The molecule has 4 rings (SSSR count). The van der Waals surface area contributed by atoms with Gasteiger partial charge in [-0.05, 0) is 66.1 Å². The smallest absolute Gasteiger partial charge is 0.320 e. The number of fused-ring (bicyclic) bond motifs is 1. The summed E-state index contributed by atoms with van der Waals surface area (Å²) in [5.41, 5.74) is 3.98. The second-order valence-electron chi connectivity index (χ2n) is 10.7. The Bertz CT molecular complexity index is 1410. The number of aromatic nitrogens is 2. The highest BCUT2D eigenvalue weighted by Gasteiger charge is 2.39. The molecule has 0 saturated carbocycles. The minimum Gasteiger partial charge on any atom is -0.391 e. The Hall–Kier alpha value is -3.98. The number of aliphatic hydroxyl groups excluding tert-OH is 1. The van der Waals surface area contributed by atoms with E-state index in [0.29, 0.717) is 29.9 Å². The lowest BCUT2D eigenvalue weighted by Crippen LogP contribution is -2.45. The molecule has 1 aromatic heterocycles. The summed E-state index contributed by atoms with van der Waals surface area (Å²) in [7, 11) is 1.69. The van der Waals surface area contributed by atoms with Crippen molar-refractivity contribution >= 4 is 23.3 Å². The van der Waals surface area contributed by atoms with Gasteiger partial charge in [0.05, 0.1) is 23.5 Å². The minimum atomic E-state index is -0.851. The summed E-state index contributed by atoms with van der Waals surface area (Å²) in [6.07, 6.45) is 1.89. The second-order valence-corrected chi connectivity index (χ2v) is 10.7. The Labute approximate surface area is 228 Å². The van der Waals surface area contributed by atoms with Crippen molar-refractivity contribution in [1.82, 2.24) is 20.0 Å². The van der Waals surface area contributed by atoms with Crippen LogP contribution in [-0.4, -0.2) is 44.9 Å². The lowest BCUT2D eigenvalue weighted by Gasteiger charge is -2.40. The Morgan fingerprint density at radius 2 is 1.92 bits per heavy atom. The molecule has 3 amide bonds. The predicted octanol–water partition coefficient (Wildman–Crippen LogP) is 5.45. The van der Waals surface area contributed by atoms with Crippen molar-refractivity contribution in [3.05, 3.63) is 82.9 Å². The van der Waals surface area contributed by atoms with Gasteiger partial charge in [-0.2, -0.15) is 5.10 Å². The number of hydrogen-bond acceptors (Lipinski definition) is 4. The third-order valence-corrected chi connectivity index (χ3v) is 7.36. The van der Waals surface area contributed by atoms with Gasteiger partial charge in [0.2, 0.25) is 5.91 Å². The monoisotopic (exact) mass is 533 g/mol. The summed E-state index contributed by atoms with van der Waals surface area (Å²) < 4.78 is 15.7. The number of benzene rings is 2. The highest BCUT2D eigenvalue weighted by Crippen LogP contribution is 2.42. The van der Waals surface area contributed by atoms with Gasteiger partial charge in [0.15, 0.2) is 0 Å². The van der Waals surface area contributed by atoms with Crippen LogP contribution in [0.5, 0.6) is 0 Å². The number of aliphatic hydroxyl groups is 1. The van der Waals surface area contributed by atoms with Crippen LogP contribution in [0.1, 0.15) is 69.0 Å². The number of carbonyl (C=O) groups is 2. The zero-order chi connectivity index (χ0) is 28.5. The summed E-state index contributed by atoms with van der Waals surface area (Å²) in [6.45, 7) is 9.24. The number of amides is 3. The van der Waals surface area contributed by atoms with Crippen LogP contribution in [0.15, 0.2) is 54.7 Å². The Balaban J connectivity index is 1.71. The number of nitrogens with zero attached hydrogens (tertiary/aromatic N) is 3. The standard InChI is InChI=1S/C30H36FN5O3/c1-7-20(17-35(6)19(3)37)26-18(2)28(36(34-26)22-11-9-8-10-12-22)33-29(39)32-27-23-14-13-21(31)15-24(23)30(4,5)16-25(27)38/h8-15,17,25,27,38H,7,16H2,1-6H3,(H2,32,33,39). The number of halogens is 1. The topological polar surface area (TPSA) is 99.5 Å². The quantitative estimate of drug-likeness (QED) is 0.392. The van der Waals surface area contributed by atoms with E-state index in [0.717, 1.165) is 22.4 Å². The molecule has 39 heavy (non-hydrogen) atoms. The molecular formula is C30H36FN5O3. The number of urea groups is 1. The summed E-state index contributed by atoms with van der Waals surface area (Å²) in [6, 6.07) is 12.6. The van der Waals surface area contributed by atoms with Crippen molar-refractivity contribution in [2.75, 3.05) is 12.4 Å². The van der Waals surface area contributed by atoms with Crippen molar-refractivity contribution < 1.29 is 19.1 Å². The largest absolute Gasteiger partial charge is 0.391 e. The third kappa shape index (κ3) is 5.73. The van der Waals surface area contributed by atoms with Crippen molar-refractivity contribution in [1.29, 1.82) is 0 Å². The fourth-order valence-electron chi connectivity index (χ4n) is 5.15. The molecule has 3 N–H and O–H groups in total. The zero-order valence-corrected chi connectivity index (χ0v) is 23.2. The molecule has 0 fully saturated rings. The molecule has 0 bridgehead atoms.